The van der Waals surface area contributed by atoms with E-state index < -0.39 is 0 Å². The van der Waals surface area contributed by atoms with Gasteiger partial charge in [0, 0.05) is 29.1 Å². The van der Waals surface area contributed by atoms with E-state index in [0.717, 1.165) is 32.9 Å². The summed E-state index contributed by atoms with van der Waals surface area (Å²) in [7, 11) is 0. The van der Waals surface area contributed by atoms with Crippen molar-refractivity contribution in [3.05, 3.63) is 60.2 Å². The number of nitrogens with two attached hydrogens (primary N) is 1. The van der Waals surface area contributed by atoms with Gasteiger partial charge in [0.1, 0.15) is 5.82 Å². The van der Waals surface area contributed by atoms with Crippen LogP contribution < -0.4 is 16.4 Å². The topological polar surface area (TPSA) is 80.0 Å². The summed E-state index contributed by atoms with van der Waals surface area (Å²) in [5, 5.41) is 7.18. The second-order valence-electron chi connectivity index (χ2n) is 5.92. The molecule has 5 nitrogen and oxygen atoms in total. The molecule has 0 spiro atoms. The number of hydrogen-bond acceptors (Lipinski definition) is 5. The van der Waals surface area contributed by atoms with Crippen LogP contribution in [0, 0.1) is 6.92 Å². The molecule has 0 fully saturated rings. The zero-order valence-corrected chi connectivity index (χ0v) is 15.5. The lowest BCUT2D eigenvalue weighted by Crippen LogP contribution is -2.14. The molecular formula is C20H22N4OS. The molecule has 3 aromatic rings. The maximum atomic E-state index is 12.2. The Kier molecular flexibility index (Phi) is 6.09. The van der Waals surface area contributed by atoms with Gasteiger partial charge in [-0.2, -0.15) is 0 Å². The number of aryl methyl sites for hydroxylation is 1. The Morgan fingerprint density at radius 3 is 2.73 bits per heavy atom. The molecule has 1 heterocycles. The van der Waals surface area contributed by atoms with Crippen LogP contribution in [0.15, 0.2) is 59.5 Å². The molecule has 0 aliphatic rings. The van der Waals surface area contributed by atoms with E-state index in [2.05, 4.69) is 15.6 Å². The van der Waals surface area contributed by atoms with Crippen LogP contribution in [0.1, 0.15) is 5.56 Å². The van der Waals surface area contributed by atoms with Crippen molar-refractivity contribution in [3.8, 4) is 0 Å². The summed E-state index contributed by atoms with van der Waals surface area (Å²) < 4.78 is 0. The van der Waals surface area contributed by atoms with E-state index in [1.165, 1.54) is 11.8 Å². The number of fused-ring (bicyclic) bond motifs is 1. The first kappa shape index (κ1) is 18.2. The zero-order valence-electron chi connectivity index (χ0n) is 14.7. The lowest BCUT2D eigenvalue weighted by atomic mass is 10.1. The van der Waals surface area contributed by atoms with Crippen molar-refractivity contribution in [1.82, 2.24) is 4.98 Å². The van der Waals surface area contributed by atoms with E-state index in [0.29, 0.717) is 18.8 Å². The van der Waals surface area contributed by atoms with Crippen molar-refractivity contribution in [1.29, 1.82) is 0 Å². The van der Waals surface area contributed by atoms with Crippen LogP contribution in [0.5, 0.6) is 0 Å². The van der Waals surface area contributed by atoms with Crippen molar-refractivity contribution >= 4 is 40.1 Å². The van der Waals surface area contributed by atoms with Crippen LogP contribution in [0.4, 0.5) is 11.5 Å². The molecule has 0 bridgehead atoms. The molecule has 0 saturated heterocycles. The second kappa shape index (κ2) is 8.69. The van der Waals surface area contributed by atoms with Gasteiger partial charge in [-0.3, -0.25) is 4.79 Å². The van der Waals surface area contributed by atoms with Gasteiger partial charge in [-0.05, 0) is 48.9 Å². The van der Waals surface area contributed by atoms with Crippen molar-refractivity contribution in [2.45, 2.75) is 11.8 Å². The van der Waals surface area contributed by atoms with Gasteiger partial charge >= 0.3 is 0 Å². The Balaban J connectivity index is 1.68. The van der Waals surface area contributed by atoms with Crippen molar-refractivity contribution in [3.63, 3.8) is 0 Å². The molecule has 3 rings (SSSR count). The number of thioether (sulfide) groups is 1. The van der Waals surface area contributed by atoms with E-state index in [4.69, 9.17) is 5.73 Å². The minimum Gasteiger partial charge on any atom is -0.369 e. The highest BCUT2D eigenvalue weighted by molar-refractivity contribution is 8.00. The Labute approximate surface area is 157 Å². The molecule has 2 aromatic carbocycles. The number of carbonyl (C=O) groups is 1. The first-order valence-electron chi connectivity index (χ1n) is 8.49. The van der Waals surface area contributed by atoms with Gasteiger partial charge in [-0.25, -0.2) is 4.98 Å². The van der Waals surface area contributed by atoms with Crippen molar-refractivity contribution in [2.24, 2.45) is 5.73 Å². The van der Waals surface area contributed by atoms with Gasteiger partial charge < -0.3 is 16.4 Å². The van der Waals surface area contributed by atoms with Crippen molar-refractivity contribution < 1.29 is 4.79 Å². The largest absolute Gasteiger partial charge is 0.369 e. The SMILES string of the molecule is Cc1cc(NCCN)nc2ccc(NC(=O)CSc3ccccc3)cc12. The van der Waals surface area contributed by atoms with Gasteiger partial charge in [0.2, 0.25) is 5.91 Å². The van der Waals surface area contributed by atoms with E-state index in [1.54, 1.807) is 0 Å². The van der Waals surface area contributed by atoms with Crippen LogP contribution in [0.2, 0.25) is 0 Å². The van der Waals surface area contributed by atoms with E-state index in [1.807, 2.05) is 61.5 Å². The number of anilines is 2. The smallest absolute Gasteiger partial charge is 0.234 e. The van der Waals surface area contributed by atoms with Crippen LogP contribution >= 0.6 is 11.8 Å². The first-order valence-corrected chi connectivity index (χ1v) is 9.47. The fraction of sp³-hybridized carbons (Fsp3) is 0.200. The summed E-state index contributed by atoms with van der Waals surface area (Å²) in [4.78, 5) is 17.9. The molecule has 0 saturated carbocycles. The molecule has 1 aromatic heterocycles. The van der Waals surface area contributed by atoms with E-state index >= 15 is 0 Å². The highest BCUT2D eigenvalue weighted by Gasteiger charge is 2.07. The molecule has 26 heavy (non-hydrogen) atoms. The Hall–Kier alpha value is -2.57. The number of carbonyl (C=O) groups excluding carboxylic acids is 1. The molecule has 0 radical (unpaired) electrons. The van der Waals surface area contributed by atoms with E-state index in [9.17, 15) is 4.79 Å². The molecule has 4 N–H and O–H groups in total. The predicted octanol–water partition coefficient (Wildman–Crippen LogP) is 3.64. The van der Waals surface area contributed by atoms with Gasteiger partial charge in [0.15, 0.2) is 0 Å². The molecule has 134 valence electrons. The number of aromatic nitrogens is 1. The Morgan fingerprint density at radius 1 is 1.15 bits per heavy atom. The van der Waals surface area contributed by atoms with Gasteiger partial charge in [-0.15, -0.1) is 11.8 Å². The summed E-state index contributed by atoms with van der Waals surface area (Å²) in [6.45, 7) is 3.28. The number of nitrogens with one attached hydrogen (secondary N) is 2. The van der Waals surface area contributed by atoms with Crippen molar-refractivity contribution in [2.75, 3.05) is 29.5 Å². The van der Waals surface area contributed by atoms with Gasteiger partial charge in [0.05, 0.1) is 11.3 Å². The quantitative estimate of drug-likeness (QED) is 0.556. The summed E-state index contributed by atoms with van der Waals surface area (Å²) in [6.07, 6.45) is 0. The van der Waals surface area contributed by atoms with Crippen LogP contribution in [-0.4, -0.2) is 29.7 Å². The first-order chi connectivity index (χ1) is 12.7. The molecule has 0 aliphatic heterocycles. The van der Waals surface area contributed by atoms with Gasteiger partial charge in [0.25, 0.3) is 0 Å². The maximum Gasteiger partial charge on any atom is 0.234 e. The molecule has 0 atom stereocenters. The standard InChI is InChI=1S/C20H22N4OS/c1-14-11-19(22-10-9-21)24-18-8-7-15(12-17(14)18)23-20(25)13-26-16-5-3-2-4-6-16/h2-8,11-12H,9-10,13,21H2,1H3,(H,22,24)(H,23,25). The lowest BCUT2D eigenvalue weighted by Gasteiger charge is -2.10. The monoisotopic (exact) mass is 366 g/mol. The molecule has 1 amide bonds. The molecule has 0 unspecified atom stereocenters. The summed E-state index contributed by atoms with van der Waals surface area (Å²) in [6, 6.07) is 17.7. The number of rotatable bonds is 7. The number of hydrogen-bond donors (Lipinski definition) is 3. The van der Waals surface area contributed by atoms with E-state index in [-0.39, 0.29) is 5.91 Å². The molecular weight excluding hydrogens is 344 g/mol. The molecule has 0 aliphatic carbocycles. The second-order valence-corrected chi connectivity index (χ2v) is 6.97. The fourth-order valence-corrected chi connectivity index (χ4v) is 3.34. The third kappa shape index (κ3) is 4.74. The summed E-state index contributed by atoms with van der Waals surface area (Å²) in [5.74, 6) is 1.17. The zero-order chi connectivity index (χ0) is 18.4. The Bertz CT molecular complexity index is 899. The maximum absolute atomic E-state index is 12.2. The average Bonchev–Trinajstić information content (AvgIpc) is 2.66. The number of amides is 1. The number of pyridine rings is 1. The van der Waals surface area contributed by atoms with Crippen LogP contribution in [0.25, 0.3) is 10.9 Å². The summed E-state index contributed by atoms with van der Waals surface area (Å²) in [5.41, 5.74) is 8.30. The van der Waals surface area contributed by atoms with Crippen LogP contribution in [-0.2, 0) is 4.79 Å². The average molecular weight is 366 g/mol. The lowest BCUT2D eigenvalue weighted by molar-refractivity contribution is -0.113. The highest BCUT2D eigenvalue weighted by Crippen LogP contribution is 2.24. The fourth-order valence-electron chi connectivity index (χ4n) is 2.63. The van der Waals surface area contributed by atoms with Gasteiger partial charge in [-0.1, -0.05) is 18.2 Å². The third-order valence-electron chi connectivity index (χ3n) is 3.86. The highest BCUT2D eigenvalue weighted by atomic mass is 32.2. The molecule has 6 heteroatoms. The summed E-state index contributed by atoms with van der Waals surface area (Å²) >= 11 is 1.52. The minimum absolute atomic E-state index is 0.0231. The predicted molar refractivity (Wildman–Crippen MR) is 110 cm³/mol. The number of nitrogens with zero attached hydrogens (tertiary/aromatic N) is 1. The number of benzene rings is 2. The third-order valence-corrected chi connectivity index (χ3v) is 4.87. The Morgan fingerprint density at radius 2 is 1.96 bits per heavy atom. The minimum atomic E-state index is -0.0231. The normalized spacial score (nSPS) is 10.7. The van der Waals surface area contributed by atoms with Crippen LogP contribution in [0.3, 0.4) is 0 Å².